The lowest BCUT2D eigenvalue weighted by atomic mass is 9.64. The quantitative estimate of drug-likeness (QED) is 0.166. The highest BCUT2D eigenvalue weighted by molar-refractivity contribution is 7.22. The fourth-order valence-electron chi connectivity index (χ4n) is 11.9. The van der Waals surface area contributed by atoms with Gasteiger partial charge in [0, 0.05) is 53.0 Å². The minimum absolute atomic E-state index is 0.558. The molecule has 1 spiro atoms. The van der Waals surface area contributed by atoms with E-state index in [1.165, 1.54) is 80.4 Å². The van der Waals surface area contributed by atoms with Crippen molar-refractivity contribution in [1.82, 2.24) is 0 Å². The third kappa shape index (κ3) is 6.39. The van der Waals surface area contributed by atoms with E-state index in [1.807, 2.05) is 22.7 Å². The highest BCUT2D eigenvalue weighted by Gasteiger charge is 2.54. The van der Waals surface area contributed by atoms with Gasteiger partial charge in [0.05, 0.1) is 16.8 Å². The topological polar surface area (TPSA) is 19.6 Å². The first-order valence-corrected chi connectivity index (χ1v) is 26.1. The van der Waals surface area contributed by atoms with E-state index in [9.17, 15) is 0 Å². The highest BCUT2D eigenvalue weighted by atomic mass is 32.1. The van der Waals surface area contributed by atoms with Crippen LogP contribution in [0.5, 0.6) is 0 Å². The van der Waals surface area contributed by atoms with Gasteiger partial charge in [0.1, 0.15) is 5.58 Å². The second-order valence-corrected chi connectivity index (χ2v) is 22.1. The van der Waals surface area contributed by atoms with Gasteiger partial charge in [0.25, 0.3) is 0 Å². The molecule has 12 aromatic rings. The first-order valence-electron chi connectivity index (χ1n) is 24.5. The van der Waals surface area contributed by atoms with Gasteiger partial charge in [-0.25, -0.2) is 0 Å². The fraction of sp³-hybridized carbons (Fsp3) is 0.0909. The minimum atomic E-state index is -0.558. The van der Waals surface area contributed by atoms with Crippen LogP contribution in [0.25, 0.3) is 64.7 Å². The Balaban J connectivity index is 0.988. The SMILES string of the molecule is Cc1ccc(N(c2ccc(-c3cccc(N4c5cc(-c6cc(C)cc(C)c6)ccc5C5(c6cc(C)sc6-c6sc(C)cc65)c5ccc6c(oc7ccccc76)c54)c3)cc2)c2ccc3ccccc3c2)cc1. The summed E-state index contributed by atoms with van der Waals surface area (Å²) in [5, 5.41) is 4.68. The molecule has 0 fully saturated rings. The number of furan rings is 1. The summed E-state index contributed by atoms with van der Waals surface area (Å²) in [4.78, 5) is 10.3. The number of hydrogen-bond acceptors (Lipinski definition) is 5. The molecule has 0 atom stereocenters. The number of hydrogen-bond donors (Lipinski definition) is 0. The number of nitrogens with zero attached hydrogens (tertiary/aromatic N) is 2. The molecule has 1 aliphatic heterocycles. The number of rotatable bonds is 6. The van der Waals surface area contributed by atoms with E-state index in [2.05, 4.69) is 245 Å². The Labute approximate surface area is 422 Å². The molecule has 3 nitrogen and oxygen atoms in total. The number of para-hydroxylation sites is 1. The number of benzene rings is 9. The molecule has 0 unspecified atom stereocenters. The van der Waals surface area contributed by atoms with E-state index in [0.717, 1.165) is 67.2 Å². The van der Waals surface area contributed by atoms with E-state index < -0.39 is 5.41 Å². The molecular formula is C66H48N2OS2. The molecule has 0 bridgehead atoms. The van der Waals surface area contributed by atoms with Crippen LogP contribution >= 0.6 is 22.7 Å². The first kappa shape index (κ1) is 42.0. The minimum Gasteiger partial charge on any atom is -0.454 e. The van der Waals surface area contributed by atoms with Crippen LogP contribution in [0.4, 0.5) is 34.1 Å². The average Bonchev–Trinajstić information content (AvgIpc) is 4.14. The lowest BCUT2D eigenvalue weighted by Gasteiger charge is -2.44. The maximum atomic E-state index is 7.17. The summed E-state index contributed by atoms with van der Waals surface area (Å²) in [6, 6.07) is 74.7. The maximum absolute atomic E-state index is 7.17. The lowest BCUT2D eigenvalue weighted by Crippen LogP contribution is -2.36. The van der Waals surface area contributed by atoms with Gasteiger partial charge < -0.3 is 14.2 Å². The third-order valence-electron chi connectivity index (χ3n) is 14.9. The van der Waals surface area contributed by atoms with Crippen LogP contribution in [0.15, 0.2) is 205 Å². The summed E-state index contributed by atoms with van der Waals surface area (Å²) in [5.74, 6) is 0. The number of fused-ring (bicyclic) bond motifs is 14. The van der Waals surface area contributed by atoms with E-state index in [1.54, 1.807) is 0 Å². The zero-order valence-corrected chi connectivity index (χ0v) is 41.8. The predicted octanol–water partition coefficient (Wildman–Crippen LogP) is 19.4. The van der Waals surface area contributed by atoms with Gasteiger partial charge in [-0.3, -0.25) is 0 Å². The van der Waals surface area contributed by atoms with Crippen molar-refractivity contribution >= 4 is 89.5 Å². The Hall–Kier alpha value is -7.96. The molecule has 9 aromatic carbocycles. The van der Waals surface area contributed by atoms with Gasteiger partial charge in [0.2, 0.25) is 0 Å². The van der Waals surface area contributed by atoms with Crippen LogP contribution in [0, 0.1) is 34.6 Å². The van der Waals surface area contributed by atoms with Crippen LogP contribution in [0.3, 0.4) is 0 Å². The smallest absolute Gasteiger partial charge is 0.159 e. The van der Waals surface area contributed by atoms with Gasteiger partial charge in [-0.05, 0) is 169 Å². The molecule has 5 heteroatoms. The highest BCUT2D eigenvalue weighted by Crippen LogP contribution is 2.67. The molecule has 4 heterocycles. The normalized spacial score (nSPS) is 13.2. The van der Waals surface area contributed by atoms with E-state index in [4.69, 9.17) is 4.42 Å². The Morgan fingerprint density at radius 1 is 0.423 bits per heavy atom. The summed E-state index contributed by atoms with van der Waals surface area (Å²) in [6.45, 7) is 11.1. The van der Waals surface area contributed by atoms with Crippen molar-refractivity contribution in [2.75, 3.05) is 9.80 Å². The van der Waals surface area contributed by atoms with E-state index in [-0.39, 0.29) is 0 Å². The standard InChI is InChI=1S/C66H48N2OS2/c1-39-17-23-50(24-18-39)67(53-27-21-44-11-6-7-12-46(44)37-53)51-25-19-45(20-26-51)47-13-10-14-52(36-47)68-60-38-48(49-32-40(2)31-41(3)33-49)22-29-56(60)66(58-34-42(4)70-64(58)65-59(66)35-43(5)71-65)57-30-28-55-54-15-8-9-16-61(54)69-63(55)62(57)68/h6-38H,1-5H3. The zero-order chi connectivity index (χ0) is 47.7. The van der Waals surface area contributed by atoms with Crippen molar-refractivity contribution in [3.8, 4) is 32.0 Å². The largest absolute Gasteiger partial charge is 0.454 e. The fourth-order valence-corrected chi connectivity index (χ4v) is 14.2. The maximum Gasteiger partial charge on any atom is 0.159 e. The molecule has 14 rings (SSSR count). The molecule has 2 aliphatic rings. The Bertz CT molecular complexity index is 4060. The molecule has 0 N–H and O–H groups in total. The van der Waals surface area contributed by atoms with Crippen molar-refractivity contribution in [1.29, 1.82) is 0 Å². The van der Waals surface area contributed by atoms with Crippen LogP contribution in [0.2, 0.25) is 0 Å². The molecule has 0 saturated carbocycles. The number of thiophene rings is 2. The predicted molar refractivity (Wildman–Crippen MR) is 302 cm³/mol. The molecule has 3 aromatic heterocycles. The summed E-state index contributed by atoms with van der Waals surface area (Å²) in [6.07, 6.45) is 0. The monoisotopic (exact) mass is 948 g/mol. The van der Waals surface area contributed by atoms with Crippen LogP contribution in [0.1, 0.15) is 48.7 Å². The molecule has 1 aliphatic carbocycles. The van der Waals surface area contributed by atoms with E-state index >= 15 is 0 Å². The van der Waals surface area contributed by atoms with Gasteiger partial charge in [-0.1, -0.05) is 138 Å². The Morgan fingerprint density at radius 3 is 1.80 bits per heavy atom. The van der Waals surface area contributed by atoms with Gasteiger partial charge in [0.15, 0.2) is 5.58 Å². The summed E-state index contributed by atoms with van der Waals surface area (Å²) in [5.41, 5.74) is 21.6. The third-order valence-corrected chi connectivity index (χ3v) is 17.2. The van der Waals surface area contributed by atoms with Crippen molar-refractivity contribution in [2.24, 2.45) is 0 Å². The van der Waals surface area contributed by atoms with Crippen molar-refractivity contribution in [3.05, 3.63) is 249 Å². The number of aryl methyl sites for hydroxylation is 5. The summed E-state index contributed by atoms with van der Waals surface area (Å²) >= 11 is 3.86. The summed E-state index contributed by atoms with van der Waals surface area (Å²) < 4.78 is 7.17. The van der Waals surface area contributed by atoms with Crippen LogP contribution in [-0.2, 0) is 5.41 Å². The zero-order valence-electron chi connectivity index (χ0n) is 40.2. The second-order valence-electron chi connectivity index (χ2n) is 19.6. The van der Waals surface area contributed by atoms with Gasteiger partial charge in [-0.15, -0.1) is 22.7 Å². The van der Waals surface area contributed by atoms with Crippen molar-refractivity contribution in [3.63, 3.8) is 0 Å². The molecule has 71 heavy (non-hydrogen) atoms. The molecule has 0 radical (unpaired) electrons. The van der Waals surface area contributed by atoms with Gasteiger partial charge >= 0.3 is 0 Å². The lowest BCUT2D eigenvalue weighted by molar-refractivity contribution is 0.664. The van der Waals surface area contributed by atoms with Crippen LogP contribution in [-0.4, -0.2) is 0 Å². The average molecular weight is 949 g/mol. The number of anilines is 6. The van der Waals surface area contributed by atoms with Crippen molar-refractivity contribution < 1.29 is 4.42 Å². The van der Waals surface area contributed by atoms with Gasteiger partial charge in [-0.2, -0.15) is 0 Å². The molecular weight excluding hydrogens is 901 g/mol. The first-order chi connectivity index (χ1) is 34.7. The molecule has 340 valence electrons. The second kappa shape index (κ2) is 15.8. The van der Waals surface area contributed by atoms with Crippen LogP contribution < -0.4 is 9.80 Å². The molecule has 0 saturated heterocycles. The Morgan fingerprint density at radius 2 is 1.06 bits per heavy atom. The summed E-state index contributed by atoms with van der Waals surface area (Å²) in [7, 11) is 0. The van der Waals surface area contributed by atoms with Crippen molar-refractivity contribution in [2.45, 2.75) is 40.0 Å². The van der Waals surface area contributed by atoms with E-state index in [0.29, 0.717) is 0 Å². The molecule has 0 amide bonds. The Kier molecular flexibility index (Phi) is 9.33.